The summed E-state index contributed by atoms with van der Waals surface area (Å²) in [5.74, 6) is -0.102. The molecule has 2 aliphatic rings. The van der Waals surface area contributed by atoms with Crippen molar-refractivity contribution in [3.05, 3.63) is 35.6 Å². The quantitative estimate of drug-likeness (QED) is 0.853. The third-order valence-electron chi connectivity index (χ3n) is 5.11. The monoisotopic (exact) mass is 307 g/mol. The van der Waals surface area contributed by atoms with E-state index in [0.29, 0.717) is 6.04 Å². The molecule has 0 N–H and O–H groups in total. The van der Waals surface area contributed by atoms with Crippen LogP contribution in [0.3, 0.4) is 0 Å². The summed E-state index contributed by atoms with van der Waals surface area (Å²) in [5.41, 5.74) is 0.800. The van der Waals surface area contributed by atoms with Crippen LogP contribution in [0.25, 0.3) is 0 Å². The third kappa shape index (κ3) is 3.50. The van der Waals surface area contributed by atoms with Gasteiger partial charge in [-0.1, -0.05) is 18.2 Å². The molecule has 2 saturated heterocycles. The molecule has 1 aromatic rings. The lowest BCUT2D eigenvalue weighted by molar-refractivity contribution is -0.0590. The molecule has 0 bridgehead atoms. The minimum absolute atomic E-state index is 0.102. The molecule has 0 radical (unpaired) electrons. The minimum atomic E-state index is -0.102. The van der Waals surface area contributed by atoms with E-state index in [1.165, 1.54) is 0 Å². The van der Waals surface area contributed by atoms with E-state index < -0.39 is 0 Å². The molecule has 122 valence electrons. The van der Waals surface area contributed by atoms with E-state index in [-0.39, 0.29) is 18.0 Å². The molecule has 3 nitrogen and oxygen atoms in total. The van der Waals surface area contributed by atoms with Crippen LogP contribution in [-0.4, -0.2) is 50.0 Å². The van der Waals surface area contributed by atoms with Gasteiger partial charge in [0.1, 0.15) is 5.82 Å². The van der Waals surface area contributed by atoms with Crippen molar-refractivity contribution in [2.45, 2.75) is 50.3 Å². The Morgan fingerprint density at radius 2 is 2.00 bits per heavy atom. The van der Waals surface area contributed by atoms with Gasteiger partial charge in [0, 0.05) is 32.4 Å². The van der Waals surface area contributed by atoms with Gasteiger partial charge in [-0.15, -0.1) is 0 Å². The Labute approximate surface area is 132 Å². The van der Waals surface area contributed by atoms with Gasteiger partial charge < -0.3 is 9.47 Å². The molecule has 2 aliphatic heterocycles. The van der Waals surface area contributed by atoms with E-state index in [9.17, 15) is 4.39 Å². The molecule has 0 saturated carbocycles. The van der Waals surface area contributed by atoms with Gasteiger partial charge in [-0.25, -0.2) is 4.39 Å². The molecule has 2 heterocycles. The Hall–Kier alpha value is -0.970. The molecule has 2 fully saturated rings. The van der Waals surface area contributed by atoms with Crippen LogP contribution in [0.5, 0.6) is 0 Å². The highest BCUT2D eigenvalue weighted by atomic mass is 19.1. The van der Waals surface area contributed by atoms with Crippen LogP contribution in [0.4, 0.5) is 4.39 Å². The standard InChI is InChI=1S/C18H26FNO2/c1-21-18-7-4-10-20(15-8-11-22-12-9-15)17(18)13-14-5-2-3-6-16(14)19/h2-3,5-6,15,17-18H,4,7-13H2,1H3/t17-,18-/m0/s1. The van der Waals surface area contributed by atoms with Gasteiger partial charge in [0.25, 0.3) is 0 Å². The second-order valence-electron chi connectivity index (χ2n) is 6.36. The Bertz CT molecular complexity index is 476. The Morgan fingerprint density at radius 3 is 2.73 bits per heavy atom. The van der Waals surface area contributed by atoms with Crippen LogP contribution < -0.4 is 0 Å². The Kier molecular flexibility index (Phi) is 5.45. The molecule has 1 aromatic carbocycles. The van der Waals surface area contributed by atoms with Crippen LogP contribution in [0.2, 0.25) is 0 Å². The summed E-state index contributed by atoms with van der Waals surface area (Å²) >= 11 is 0. The minimum Gasteiger partial charge on any atom is -0.381 e. The number of methoxy groups -OCH3 is 1. The van der Waals surface area contributed by atoms with E-state index >= 15 is 0 Å². The number of likely N-dealkylation sites (tertiary alicyclic amines) is 1. The molecule has 3 rings (SSSR count). The number of ether oxygens (including phenoxy) is 2. The first kappa shape index (κ1) is 15.9. The lowest BCUT2D eigenvalue weighted by Crippen LogP contribution is -2.55. The van der Waals surface area contributed by atoms with Crippen LogP contribution >= 0.6 is 0 Å². The lowest BCUT2D eigenvalue weighted by atomic mass is 9.89. The molecule has 4 heteroatoms. The number of hydrogen-bond donors (Lipinski definition) is 0. The first-order valence-electron chi connectivity index (χ1n) is 8.39. The number of hydrogen-bond acceptors (Lipinski definition) is 3. The van der Waals surface area contributed by atoms with E-state index in [1.807, 2.05) is 12.1 Å². The van der Waals surface area contributed by atoms with Crippen LogP contribution in [-0.2, 0) is 15.9 Å². The van der Waals surface area contributed by atoms with Crippen molar-refractivity contribution in [1.29, 1.82) is 0 Å². The predicted molar refractivity (Wildman–Crippen MR) is 84.5 cm³/mol. The average molecular weight is 307 g/mol. The normalized spacial score (nSPS) is 27.9. The zero-order valence-electron chi connectivity index (χ0n) is 13.3. The number of benzene rings is 1. The summed E-state index contributed by atoms with van der Waals surface area (Å²) in [5, 5.41) is 0. The van der Waals surface area contributed by atoms with Gasteiger partial charge in [-0.05, 0) is 50.3 Å². The zero-order valence-corrected chi connectivity index (χ0v) is 13.3. The lowest BCUT2D eigenvalue weighted by Gasteiger charge is -2.46. The maximum absolute atomic E-state index is 14.1. The highest BCUT2D eigenvalue weighted by Crippen LogP contribution is 2.29. The first-order valence-corrected chi connectivity index (χ1v) is 8.39. The summed E-state index contributed by atoms with van der Waals surface area (Å²) in [4.78, 5) is 2.56. The topological polar surface area (TPSA) is 21.7 Å². The summed E-state index contributed by atoms with van der Waals surface area (Å²) in [7, 11) is 1.78. The summed E-state index contributed by atoms with van der Waals surface area (Å²) in [6, 6.07) is 7.94. The van der Waals surface area contributed by atoms with E-state index in [2.05, 4.69) is 4.90 Å². The number of rotatable bonds is 4. The molecule has 0 spiro atoms. The SMILES string of the molecule is CO[C@H]1CCCN(C2CCOCC2)[C@H]1Cc1ccccc1F. The van der Waals surface area contributed by atoms with Crippen molar-refractivity contribution >= 4 is 0 Å². The molecular formula is C18H26FNO2. The van der Waals surface area contributed by atoms with Gasteiger partial charge in [-0.3, -0.25) is 4.90 Å². The molecule has 0 aliphatic carbocycles. The fraction of sp³-hybridized carbons (Fsp3) is 0.667. The van der Waals surface area contributed by atoms with Crippen molar-refractivity contribution < 1.29 is 13.9 Å². The smallest absolute Gasteiger partial charge is 0.126 e. The van der Waals surface area contributed by atoms with Gasteiger partial charge in [-0.2, -0.15) is 0 Å². The molecule has 0 amide bonds. The Balaban J connectivity index is 1.79. The van der Waals surface area contributed by atoms with Gasteiger partial charge in [0.2, 0.25) is 0 Å². The van der Waals surface area contributed by atoms with E-state index in [0.717, 1.165) is 57.4 Å². The van der Waals surface area contributed by atoms with Gasteiger partial charge in [0.05, 0.1) is 6.10 Å². The average Bonchev–Trinajstić information content (AvgIpc) is 2.58. The molecule has 0 unspecified atom stereocenters. The molecular weight excluding hydrogens is 281 g/mol. The predicted octanol–water partition coefficient (Wildman–Crippen LogP) is 3.03. The van der Waals surface area contributed by atoms with E-state index in [1.54, 1.807) is 19.2 Å². The largest absolute Gasteiger partial charge is 0.381 e. The number of halogens is 1. The van der Waals surface area contributed by atoms with E-state index in [4.69, 9.17) is 9.47 Å². The molecule has 2 atom stereocenters. The molecule has 22 heavy (non-hydrogen) atoms. The number of nitrogens with zero attached hydrogens (tertiary/aromatic N) is 1. The molecule has 0 aromatic heterocycles. The number of piperidine rings is 1. The fourth-order valence-corrected chi connectivity index (χ4v) is 3.93. The Morgan fingerprint density at radius 1 is 1.23 bits per heavy atom. The second kappa shape index (κ2) is 7.53. The maximum Gasteiger partial charge on any atom is 0.126 e. The summed E-state index contributed by atoms with van der Waals surface area (Å²) < 4.78 is 25.3. The highest BCUT2D eigenvalue weighted by molar-refractivity contribution is 5.19. The first-order chi connectivity index (χ1) is 10.8. The van der Waals surface area contributed by atoms with Crippen molar-refractivity contribution in [2.24, 2.45) is 0 Å². The summed E-state index contributed by atoms with van der Waals surface area (Å²) in [6.07, 6.45) is 5.28. The second-order valence-corrected chi connectivity index (χ2v) is 6.36. The van der Waals surface area contributed by atoms with Crippen molar-refractivity contribution in [3.8, 4) is 0 Å². The third-order valence-corrected chi connectivity index (χ3v) is 5.11. The highest BCUT2D eigenvalue weighted by Gasteiger charge is 2.36. The van der Waals surface area contributed by atoms with Gasteiger partial charge >= 0.3 is 0 Å². The fourth-order valence-electron chi connectivity index (χ4n) is 3.93. The van der Waals surface area contributed by atoms with Crippen molar-refractivity contribution in [1.82, 2.24) is 4.90 Å². The maximum atomic E-state index is 14.1. The van der Waals surface area contributed by atoms with Crippen LogP contribution in [0, 0.1) is 5.82 Å². The van der Waals surface area contributed by atoms with Gasteiger partial charge in [0.15, 0.2) is 0 Å². The van der Waals surface area contributed by atoms with Crippen LogP contribution in [0.1, 0.15) is 31.2 Å². The summed E-state index contributed by atoms with van der Waals surface area (Å²) in [6.45, 7) is 2.76. The van der Waals surface area contributed by atoms with Crippen LogP contribution in [0.15, 0.2) is 24.3 Å². The van der Waals surface area contributed by atoms with Crippen molar-refractivity contribution in [3.63, 3.8) is 0 Å². The zero-order chi connectivity index (χ0) is 15.4. The van der Waals surface area contributed by atoms with Crippen molar-refractivity contribution in [2.75, 3.05) is 26.9 Å².